The molecule has 0 atom stereocenters. The summed E-state index contributed by atoms with van der Waals surface area (Å²) in [5.41, 5.74) is 2.03. The molecule has 12 heteroatoms. The van der Waals surface area contributed by atoms with Crippen molar-refractivity contribution in [2.45, 2.75) is 38.8 Å². The van der Waals surface area contributed by atoms with Gasteiger partial charge in [-0.1, -0.05) is 11.3 Å². The van der Waals surface area contributed by atoms with Crippen LogP contribution in [-0.4, -0.2) is 62.0 Å². The maximum Gasteiger partial charge on any atom is 0.490 e. The van der Waals surface area contributed by atoms with Crippen LogP contribution in [0.2, 0.25) is 0 Å². The molecule has 1 aliphatic rings. The van der Waals surface area contributed by atoms with Crippen LogP contribution in [-0.2, 0) is 35.8 Å². The third-order valence-electron chi connectivity index (χ3n) is 3.81. The minimum Gasteiger partial charge on any atom is -0.475 e. The van der Waals surface area contributed by atoms with Gasteiger partial charge in [0.2, 0.25) is 0 Å². The standard InChI is InChI=1S/C14H20N4O2S.C2HF3O2/c19-6-7-20-11-13-14-10-17(9-12-3-1-8-21-12)4-2-5-18(14)16-15-13;3-2(4,5)1(6)7/h1,3,8,19H,2,4-7,9-11H2;(H,6,7). The molecule has 2 aromatic rings. The van der Waals surface area contributed by atoms with Crippen LogP contribution in [0.1, 0.15) is 22.7 Å². The monoisotopic (exact) mass is 422 g/mol. The number of nitrogens with zero attached hydrogens (tertiary/aromatic N) is 4. The first-order valence-electron chi connectivity index (χ1n) is 8.46. The van der Waals surface area contributed by atoms with E-state index in [9.17, 15) is 13.2 Å². The number of thiophene rings is 1. The topological polar surface area (TPSA) is 101 Å². The molecule has 3 rings (SSSR count). The van der Waals surface area contributed by atoms with E-state index in [0.717, 1.165) is 44.0 Å². The number of carboxylic acids is 1. The van der Waals surface area contributed by atoms with Gasteiger partial charge >= 0.3 is 12.1 Å². The minimum absolute atomic E-state index is 0.0357. The molecule has 8 nitrogen and oxygen atoms in total. The van der Waals surface area contributed by atoms with Gasteiger partial charge in [-0.3, -0.25) is 4.90 Å². The van der Waals surface area contributed by atoms with Gasteiger partial charge in [0, 0.05) is 31.1 Å². The predicted molar refractivity (Wildman–Crippen MR) is 93.5 cm³/mol. The maximum atomic E-state index is 10.6. The van der Waals surface area contributed by atoms with Crippen molar-refractivity contribution in [1.29, 1.82) is 0 Å². The molecule has 0 unspecified atom stereocenters. The molecule has 0 saturated carbocycles. The molecular weight excluding hydrogens is 401 g/mol. The highest BCUT2D eigenvalue weighted by Crippen LogP contribution is 2.19. The number of aryl methyl sites for hydroxylation is 1. The molecule has 3 heterocycles. The van der Waals surface area contributed by atoms with Gasteiger partial charge in [-0.2, -0.15) is 13.2 Å². The van der Waals surface area contributed by atoms with Gasteiger partial charge < -0.3 is 14.9 Å². The van der Waals surface area contributed by atoms with Crippen LogP contribution >= 0.6 is 11.3 Å². The smallest absolute Gasteiger partial charge is 0.475 e. The number of alkyl halides is 3. The number of aliphatic carboxylic acids is 1. The lowest BCUT2D eigenvalue weighted by molar-refractivity contribution is -0.192. The Morgan fingerprint density at radius 3 is 2.71 bits per heavy atom. The molecule has 2 aromatic heterocycles. The number of ether oxygens (including phenoxy) is 1. The Labute approximate surface area is 163 Å². The molecular formula is C16H21F3N4O4S. The van der Waals surface area contributed by atoms with E-state index in [1.807, 2.05) is 4.68 Å². The van der Waals surface area contributed by atoms with Crippen molar-refractivity contribution in [3.8, 4) is 0 Å². The summed E-state index contributed by atoms with van der Waals surface area (Å²) >= 11 is 1.80. The van der Waals surface area contributed by atoms with E-state index in [1.54, 1.807) is 11.3 Å². The van der Waals surface area contributed by atoms with Crippen LogP contribution in [0, 0.1) is 0 Å². The van der Waals surface area contributed by atoms with Crippen LogP contribution in [0.25, 0.3) is 0 Å². The molecule has 0 spiro atoms. The van der Waals surface area contributed by atoms with Crippen molar-refractivity contribution >= 4 is 17.3 Å². The van der Waals surface area contributed by atoms with Crippen LogP contribution in [0.4, 0.5) is 13.2 Å². The van der Waals surface area contributed by atoms with E-state index in [2.05, 4.69) is 32.7 Å². The Morgan fingerprint density at radius 2 is 2.11 bits per heavy atom. The third kappa shape index (κ3) is 6.86. The van der Waals surface area contributed by atoms with Gasteiger partial charge in [0.15, 0.2) is 0 Å². The molecule has 0 aliphatic carbocycles. The van der Waals surface area contributed by atoms with Crippen molar-refractivity contribution in [3.63, 3.8) is 0 Å². The van der Waals surface area contributed by atoms with Gasteiger partial charge in [0.05, 0.1) is 25.5 Å². The first-order valence-corrected chi connectivity index (χ1v) is 9.34. The van der Waals surface area contributed by atoms with E-state index in [-0.39, 0.29) is 6.61 Å². The van der Waals surface area contributed by atoms with Crippen molar-refractivity contribution < 1.29 is 32.9 Å². The number of halogens is 3. The fraction of sp³-hybridized carbons (Fsp3) is 0.562. The number of hydrogen-bond donors (Lipinski definition) is 2. The molecule has 0 bridgehead atoms. The summed E-state index contributed by atoms with van der Waals surface area (Å²) in [5.74, 6) is -2.76. The molecule has 0 aromatic carbocycles. The number of aliphatic hydroxyl groups excluding tert-OH is 1. The van der Waals surface area contributed by atoms with E-state index < -0.39 is 12.1 Å². The van der Waals surface area contributed by atoms with Gasteiger partial charge in [0.25, 0.3) is 0 Å². The summed E-state index contributed by atoms with van der Waals surface area (Å²) in [5, 5.41) is 26.5. The predicted octanol–water partition coefficient (Wildman–Crippen LogP) is 1.89. The van der Waals surface area contributed by atoms with E-state index in [0.29, 0.717) is 13.2 Å². The number of hydrogen-bond acceptors (Lipinski definition) is 7. The second-order valence-corrected chi connectivity index (χ2v) is 6.96. The largest absolute Gasteiger partial charge is 0.490 e. The zero-order valence-corrected chi connectivity index (χ0v) is 15.7. The molecule has 0 fully saturated rings. The van der Waals surface area contributed by atoms with Crippen LogP contribution in [0.15, 0.2) is 17.5 Å². The SMILES string of the molecule is O=C(O)C(F)(F)F.OCCOCc1nnn2c1CN(Cc1cccs1)CCC2. The number of rotatable bonds is 6. The third-order valence-corrected chi connectivity index (χ3v) is 4.67. The zero-order chi connectivity index (χ0) is 20.6. The number of aliphatic hydroxyl groups is 1. The normalized spacial score (nSPS) is 14.7. The van der Waals surface area contributed by atoms with E-state index >= 15 is 0 Å². The summed E-state index contributed by atoms with van der Waals surface area (Å²) < 4.78 is 39.1. The average molecular weight is 422 g/mol. The number of carbonyl (C=O) groups is 1. The molecule has 0 amide bonds. The van der Waals surface area contributed by atoms with Gasteiger partial charge in [-0.25, -0.2) is 9.48 Å². The van der Waals surface area contributed by atoms with Crippen LogP contribution < -0.4 is 0 Å². The molecule has 1 aliphatic heterocycles. The van der Waals surface area contributed by atoms with Gasteiger partial charge in [-0.15, -0.1) is 16.4 Å². The maximum absolute atomic E-state index is 10.6. The van der Waals surface area contributed by atoms with Crippen molar-refractivity contribution in [2.24, 2.45) is 0 Å². The zero-order valence-electron chi connectivity index (χ0n) is 14.9. The van der Waals surface area contributed by atoms with Gasteiger partial charge in [0.1, 0.15) is 5.69 Å². The summed E-state index contributed by atoms with van der Waals surface area (Å²) in [6, 6.07) is 4.27. The molecule has 0 saturated heterocycles. The Bertz CT molecular complexity index is 737. The van der Waals surface area contributed by atoms with Crippen LogP contribution in [0.5, 0.6) is 0 Å². The molecule has 0 radical (unpaired) electrons. The number of carboxylic acid groups (broad SMARTS) is 1. The second-order valence-electron chi connectivity index (χ2n) is 5.93. The highest BCUT2D eigenvalue weighted by Gasteiger charge is 2.38. The lowest BCUT2D eigenvalue weighted by atomic mass is 10.3. The van der Waals surface area contributed by atoms with E-state index in [4.69, 9.17) is 19.7 Å². The Morgan fingerprint density at radius 1 is 1.36 bits per heavy atom. The fourth-order valence-electron chi connectivity index (χ4n) is 2.56. The molecule has 2 N–H and O–H groups in total. The quantitative estimate of drug-likeness (QED) is 0.686. The Balaban J connectivity index is 0.000000345. The van der Waals surface area contributed by atoms with E-state index in [1.165, 1.54) is 4.88 Å². The highest BCUT2D eigenvalue weighted by molar-refractivity contribution is 7.09. The average Bonchev–Trinajstić information content (AvgIpc) is 3.21. The summed E-state index contributed by atoms with van der Waals surface area (Å²) in [4.78, 5) is 12.7. The minimum atomic E-state index is -5.08. The van der Waals surface area contributed by atoms with Crippen molar-refractivity contribution in [2.75, 3.05) is 19.8 Å². The highest BCUT2D eigenvalue weighted by atomic mass is 32.1. The fourth-order valence-corrected chi connectivity index (χ4v) is 3.31. The van der Waals surface area contributed by atoms with Crippen molar-refractivity contribution in [1.82, 2.24) is 19.9 Å². The number of fused-ring (bicyclic) bond motifs is 1. The Hall–Kier alpha value is -2.02. The van der Waals surface area contributed by atoms with Crippen LogP contribution in [0.3, 0.4) is 0 Å². The lowest BCUT2D eigenvalue weighted by Crippen LogP contribution is -2.23. The lowest BCUT2D eigenvalue weighted by Gasteiger charge is -2.18. The summed E-state index contributed by atoms with van der Waals surface area (Å²) in [6.45, 7) is 4.59. The summed E-state index contributed by atoms with van der Waals surface area (Å²) in [7, 11) is 0. The summed E-state index contributed by atoms with van der Waals surface area (Å²) in [6.07, 6.45) is -4.00. The molecule has 156 valence electrons. The second kappa shape index (κ2) is 10.5. The van der Waals surface area contributed by atoms with Gasteiger partial charge in [-0.05, 0) is 17.9 Å². The van der Waals surface area contributed by atoms with Crippen molar-refractivity contribution in [3.05, 3.63) is 33.8 Å². The number of aromatic nitrogens is 3. The molecule has 28 heavy (non-hydrogen) atoms. The first-order chi connectivity index (χ1) is 13.3. The first kappa shape index (κ1) is 22.3. The Kier molecular flexibility index (Phi) is 8.35.